The maximum Gasteiger partial charge on any atom is 0.238 e. The number of piperidine rings is 1. The van der Waals surface area contributed by atoms with Gasteiger partial charge >= 0.3 is 0 Å². The van der Waals surface area contributed by atoms with Crippen LogP contribution in [0.1, 0.15) is 47.1 Å². The number of hydrogen-bond donors (Lipinski definition) is 3. The van der Waals surface area contributed by atoms with Crippen molar-refractivity contribution in [3.05, 3.63) is 111 Å². The van der Waals surface area contributed by atoms with Gasteiger partial charge in [-0.05, 0) is 58.7 Å². The van der Waals surface area contributed by atoms with Gasteiger partial charge < -0.3 is 20.5 Å². The minimum Gasteiger partial charge on any atom is -0.491 e. The Labute approximate surface area is 253 Å². The third-order valence-corrected chi connectivity index (χ3v) is 8.84. The second-order valence-corrected chi connectivity index (χ2v) is 11.7. The summed E-state index contributed by atoms with van der Waals surface area (Å²) in [7, 11) is 0. The highest BCUT2D eigenvalue weighted by atomic mass is 35.5. The van der Waals surface area contributed by atoms with Gasteiger partial charge in [0.2, 0.25) is 11.8 Å². The van der Waals surface area contributed by atoms with Gasteiger partial charge in [0.25, 0.3) is 0 Å². The summed E-state index contributed by atoms with van der Waals surface area (Å²) in [6.07, 6.45) is 6.64. The van der Waals surface area contributed by atoms with E-state index in [4.69, 9.17) is 40.2 Å². The van der Waals surface area contributed by atoms with Gasteiger partial charge in [0.15, 0.2) is 0 Å². The number of anilines is 1. The molecule has 41 heavy (non-hydrogen) atoms. The molecule has 3 aromatic rings. The third kappa shape index (κ3) is 4.77. The molecule has 6 rings (SSSR count). The Balaban J connectivity index is 1.63. The van der Waals surface area contributed by atoms with Crippen LogP contribution in [0.3, 0.4) is 0 Å². The summed E-state index contributed by atoms with van der Waals surface area (Å²) < 4.78 is 6.01. The van der Waals surface area contributed by atoms with E-state index in [2.05, 4.69) is 10.6 Å². The van der Waals surface area contributed by atoms with E-state index < -0.39 is 17.4 Å². The molecule has 1 aliphatic carbocycles. The fourth-order valence-electron chi connectivity index (χ4n) is 6.30. The van der Waals surface area contributed by atoms with E-state index in [1.165, 1.54) is 0 Å². The van der Waals surface area contributed by atoms with Crippen LogP contribution in [0.25, 0.3) is 5.57 Å². The number of thiocarbonyl (C=S) groups is 1. The number of halogens is 2. The molecule has 0 unspecified atom stereocenters. The van der Waals surface area contributed by atoms with Crippen LogP contribution in [0.15, 0.2) is 78.9 Å². The highest BCUT2D eigenvalue weighted by molar-refractivity contribution is 7.81. The van der Waals surface area contributed by atoms with Gasteiger partial charge in [-0.2, -0.15) is 0 Å². The second kappa shape index (κ2) is 11.1. The topological polar surface area (TPSA) is 87.7 Å². The van der Waals surface area contributed by atoms with Gasteiger partial charge in [0.05, 0.1) is 12.6 Å². The number of aliphatic hydroxyl groups is 1. The highest BCUT2D eigenvalue weighted by Crippen LogP contribution is 2.58. The Morgan fingerprint density at radius 2 is 1.88 bits per heavy atom. The number of amides is 2. The Bertz CT molecular complexity index is 1650. The molecule has 2 amide bonds. The molecule has 1 spiro atoms. The molecule has 3 aromatic carbocycles. The summed E-state index contributed by atoms with van der Waals surface area (Å²) in [5, 5.41) is 16.8. The van der Waals surface area contributed by atoms with Crippen molar-refractivity contribution in [3.8, 4) is 5.75 Å². The van der Waals surface area contributed by atoms with Gasteiger partial charge in [-0.3, -0.25) is 9.59 Å². The van der Waals surface area contributed by atoms with E-state index in [0.717, 1.165) is 27.1 Å². The first kappa shape index (κ1) is 27.7. The molecule has 0 aromatic heterocycles. The number of carbonyl (C=O) groups is 2. The average molecular weight is 606 g/mol. The van der Waals surface area contributed by atoms with Crippen molar-refractivity contribution in [2.24, 2.45) is 0 Å². The number of fused-ring (bicyclic) bond motifs is 2. The zero-order valence-electron chi connectivity index (χ0n) is 21.8. The lowest BCUT2D eigenvalue weighted by Gasteiger charge is -2.46. The van der Waals surface area contributed by atoms with Crippen LogP contribution >= 0.6 is 35.4 Å². The molecule has 2 heterocycles. The normalized spacial score (nSPS) is 23.2. The minimum atomic E-state index is -1.27. The van der Waals surface area contributed by atoms with Crippen LogP contribution in [0, 0.1) is 0 Å². The third-order valence-electron chi connectivity index (χ3n) is 7.99. The number of benzene rings is 3. The maximum atomic E-state index is 14.4. The van der Waals surface area contributed by atoms with Gasteiger partial charge in [0.1, 0.15) is 17.8 Å². The summed E-state index contributed by atoms with van der Waals surface area (Å²) in [6.45, 7) is -0.156. The lowest BCUT2D eigenvalue weighted by molar-refractivity contribution is -0.131. The number of rotatable bonds is 6. The molecule has 0 bridgehead atoms. The van der Waals surface area contributed by atoms with E-state index in [1.54, 1.807) is 24.3 Å². The number of aliphatic hydroxyl groups excluding tert-OH is 1. The predicted octanol–water partition coefficient (Wildman–Crippen LogP) is 6.31. The molecule has 3 aliphatic rings. The number of ether oxygens (including phenoxy) is 1. The second-order valence-electron chi connectivity index (χ2n) is 10.3. The standard InChI is InChI=1S/C32H26Cl2N2O4S/c33-20-5-3-4-19(14-20)25-17-29(38)36-30(32(25)24-10-9-21(34)16-26(24)35-31(32)39)23-15-18(8-11-27(23)40-13-12-37)22-6-1-2-7-28(22)41/h1-6,8-11,14-16,25,30,37H,7,12-13,17H2,(H,35,39)(H,36,38)/t25-,30+,32-/m0/s1. The van der Waals surface area contributed by atoms with E-state index >= 15 is 0 Å². The quantitative estimate of drug-likeness (QED) is 0.287. The number of hydrogen-bond acceptors (Lipinski definition) is 5. The Hall–Kier alpha value is -3.49. The molecule has 3 N–H and O–H groups in total. The van der Waals surface area contributed by atoms with Crippen molar-refractivity contribution in [1.82, 2.24) is 5.32 Å². The summed E-state index contributed by atoms with van der Waals surface area (Å²) in [6, 6.07) is 17.4. The van der Waals surface area contributed by atoms with Crippen LogP contribution in [-0.2, 0) is 15.0 Å². The summed E-state index contributed by atoms with van der Waals surface area (Å²) in [5.41, 5.74) is 3.15. The fraction of sp³-hybridized carbons (Fsp3) is 0.219. The smallest absolute Gasteiger partial charge is 0.238 e. The molecule has 208 valence electrons. The zero-order valence-corrected chi connectivity index (χ0v) is 24.2. The van der Waals surface area contributed by atoms with Gasteiger partial charge in [-0.1, -0.05) is 77.9 Å². The Morgan fingerprint density at radius 3 is 2.66 bits per heavy atom. The van der Waals surface area contributed by atoms with Crippen molar-refractivity contribution >= 4 is 63.4 Å². The van der Waals surface area contributed by atoms with E-state index in [0.29, 0.717) is 33.5 Å². The Morgan fingerprint density at radius 1 is 1.05 bits per heavy atom. The SMILES string of the molecule is O=C1C[C@@H](c2cccc(Cl)c2)[C@]2(C(=O)Nc3cc(Cl)ccc32)[C@@H](c2cc(C3=CC=CCC3=S)ccc2OCCO)N1. The average Bonchev–Trinajstić information content (AvgIpc) is 3.24. The van der Waals surface area contributed by atoms with E-state index in [-0.39, 0.29) is 31.4 Å². The van der Waals surface area contributed by atoms with Crippen LogP contribution in [0.2, 0.25) is 10.0 Å². The zero-order chi connectivity index (χ0) is 28.7. The molecule has 0 saturated carbocycles. The van der Waals surface area contributed by atoms with Crippen LogP contribution in [-0.4, -0.2) is 35.0 Å². The van der Waals surface area contributed by atoms with E-state index in [9.17, 15) is 14.7 Å². The van der Waals surface area contributed by atoms with Gasteiger partial charge in [-0.25, -0.2) is 0 Å². The number of nitrogens with one attached hydrogen (secondary N) is 2. The van der Waals surface area contributed by atoms with Crippen molar-refractivity contribution in [1.29, 1.82) is 0 Å². The number of allylic oxidation sites excluding steroid dienone is 4. The lowest BCUT2D eigenvalue weighted by atomic mass is 9.59. The van der Waals surface area contributed by atoms with Crippen molar-refractivity contribution < 1.29 is 19.4 Å². The maximum absolute atomic E-state index is 14.4. The monoisotopic (exact) mass is 604 g/mol. The molecule has 0 radical (unpaired) electrons. The highest BCUT2D eigenvalue weighted by Gasteiger charge is 2.61. The number of carbonyl (C=O) groups excluding carboxylic acids is 2. The van der Waals surface area contributed by atoms with E-state index in [1.807, 2.05) is 54.6 Å². The van der Waals surface area contributed by atoms with Crippen LogP contribution < -0.4 is 15.4 Å². The van der Waals surface area contributed by atoms with Crippen molar-refractivity contribution in [2.45, 2.75) is 30.2 Å². The lowest BCUT2D eigenvalue weighted by Crippen LogP contribution is -2.57. The molecule has 6 nitrogen and oxygen atoms in total. The van der Waals surface area contributed by atoms with Crippen molar-refractivity contribution in [2.75, 3.05) is 18.5 Å². The molecular weight excluding hydrogens is 579 g/mol. The predicted molar refractivity (Wildman–Crippen MR) is 165 cm³/mol. The molecule has 1 saturated heterocycles. The van der Waals surface area contributed by atoms with Crippen LogP contribution in [0.4, 0.5) is 5.69 Å². The first-order valence-electron chi connectivity index (χ1n) is 13.3. The molecule has 3 atom stereocenters. The summed E-state index contributed by atoms with van der Waals surface area (Å²) in [5.74, 6) is -0.588. The first-order valence-corrected chi connectivity index (χ1v) is 14.4. The summed E-state index contributed by atoms with van der Waals surface area (Å²) in [4.78, 5) is 28.6. The van der Waals surface area contributed by atoms with Crippen LogP contribution in [0.5, 0.6) is 5.75 Å². The molecule has 9 heteroatoms. The van der Waals surface area contributed by atoms with Crippen molar-refractivity contribution in [3.63, 3.8) is 0 Å². The molecular formula is C32H26Cl2N2O4S. The molecule has 2 aliphatic heterocycles. The molecule has 1 fully saturated rings. The first-order chi connectivity index (χ1) is 19.8. The van der Waals surface area contributed by atoms with Gasteiger partial charge in [0, 0.05) is 44.9 Å². The van der Waals surface area contributed by atoms with Gasteiger partial charge in [-0.15, -0.1) is 0 Å². The Kier molecular flexibility index (Phi) is 7.47. The fourth-order valence-corrected chi connectivity index (χ4v) is 6.95. The largest absolute Gasteiger partial charge is 0.491 e. The summed E-state index contributed by atoms with van der Waals surface area (Å²) >= 11 is 18.4. The minimum absolute atomic E-state index is 0.0416.